The summed E-state index contributed by atoms with van der Waals surface area (Å²) in [5, 5.41) is 6.25. The number of methoxy groups -OCH3 is 1. The summed E-state index contributed by atoms with van der Waals surface area (Å²) in [6, 6.07) is 19.9. The van der Waals surface area contributed by atoms with Crippen LogP contribution in [-0.4, -0.2) is 31.1 Å². The lowest BCUT2D eigenvalue weighted by Gasteiger charge is -2.08. The van der Waals surface area contributed by atoms with Crippen LogP contribution in [0.4, 0.5) is 5.69 Å². The first kappa shape index (κ1) is 22.7. The molecule has 2 N–H and O–H groups in total. The third-order valence-corrected chi connectivity index (χ3v) is 4.60. The number of para-hydroxylation sites is 1. The standard InChI is InChI=1S/C23H18BrN3O5/c1-31-19-10-7-15(8-11-19)23(30)32-20-12-9-17(24)13-16(20)14-25-27-22(29)21(28)26-18-5-3-2-4-6-18/h2-14H,1H3,(H,26,28)(H,27,29). The number of halogens is 1. The van der Waals surface area contributed by atoms with E-state index in [1.165, 1.54) is 13.3 Å². The van der Waals surface area contributed by atoms with Crippen molar-refractivity contribution in [3.63, 3.8) is 0 Å². The van der Waals surface area contributed by atoms with E-state index in [0.717, 1.165) is 0 Å². The molecule has 0 saturated carbocycles. The van der Waals surface area contributed by atoms with Crippen molar-refractivity contribution < 1.29 is 23.9 Å². The molecular formula is C23H18BrN3O5. The highest BCUT2D eigenvalue weighted by Crippen LogP contribution is 2.23. The maximum Gasteiger partial charge on any atom is 0.343 e. The molecule has 3 rings (SSSR count). The molecule has 0 bridgehead atoms. The molecule has 0 atom stereocenters. The van der Waals surface area contributed by atoms with Gasteiger partial charge < -0.3 is 14.8 Å². The van der Waals surface area contributed by atoms with Crippen molar-refractivity contribution >= 4 is 45.6 Å². The molecule has 3 aromatic carbocycles. The number of benzene rings is 3. The molecule has 0 radical (unpaired) electrons. The van der Waals surface area contributed by atoms with Crippen molar-refractivity contribution in [1.82, 2.24) is 5.43 Å². The second kappa shape index (κ2) is 10.9. The third kappa shape index (κ3) is 6.26. The average Bonchev–Trinajstić information content (AvgIpc) is 2.81. The molecule has 0 spiro atoms. The van der Waals surface area contributed by atoms with Gasteiger partial charge in [0.25, 0.3) is 0 Å². The third-order valence-electron chi connectivity index (χ3n) is 4.11. The molecule has 0 heterocycles. The number of esters is 1. The molecule has 0 unspecified atom stereocenters. The summed E-state index contributed by atoms with van der Waals surface area (Å²) >= 11 is 3.34. The van der Waals surface area contributed by atoms with Crippen molar-refractivity contribution in [2.24, 2.45) is 5.10 Å². The van der Waals surface area contributed by atoms with E-state index >= 15 is 0 Å². The molecule has 0 saturated heterocycles. The highest BCUT2D eigenvalue weighted by molar-refractivity contribution is 9.10. The van der Waals surface area contributed by atoms with Crippen LogP contribution in [0, 0.1) is 0 Å². The van der Waals surface area contributed by atoms with Gasteiger partial charge in [0.05, 0.1) is 18.9 Å². The minimum absolute atomic E-state index is 0.223. The SMILES string of the molecule is COc1ccc(C(=O)Oc2ccc(Br)cc2C=NNC(=O)C(=O)Nc2ccccc2)cc1. The van der Waals surface area contributed by atoms with E-state index in [9.17, 15) is 14.4 Å². The number of ether oxygens (including phenoxy) is 2. The van der Waals surface area contributed by atoms with E-state index in [4.69, 9.17) is 9.47 Å². The number of rotatable bonds is 6. The van der Waals surface area contributed by atoms with E-state index in [2.05, 4.69) is 31.8 Å². The molecule has 9 heteroatoms. The summed E-state index contributed by atoms with van der Waals surface area (Å²) < 4.78 is 11.2. The Balaban J connectivity index is 1.66. The molecule has 0 aliphatic heterocycles. The van der Waals surface area contributed by atoms with Crippen LogP contribution in [0.2, 0.25) is 0 Å². The van der Waals surface area contributed by atoms with Gasteiger partial charge in [-0.15, -0.1) is 0 Å². The summed E-state index contributed by atoms with van der Waals surface area (Å²) in [5.41, 5.74) is 3.37. The normalized spacial score (nSPS) is 10.4. The second-order valence-corrected chi connectivity index (χ2v) is 7.24. The molecular weight excluding hydrogens is 478 g/mol. The van der Waals surface area contributed by atoms with Gasteiger partial charge in [-0.1, -0.05) is 34.1 Å². The smallest absolute Gasteiger partial charge is 0.343 e. The van der Waals surface area contributed by atoms with Gasteiger partial charge in [-0.05, 0) is 54.6 Å². The van der Waals surface area contributed by atoms with Gasteiger partial charge in [0.15, 0.2) is 0 Å². The number of nitrogens with one attached hydrogen (secondary N) is 2. The number of nitrogens with zero attached hydrogens (tertiary/aromatic N) is 1. The Morgan fingerprint density at radius 1 is 0.938 bits per heavy atom. The number of carbonyl (C=O) groups excluding carboxylic acids is 3. The molecule has 0 fully saturated rings. The number of amides is 2. The number of hydrazone groups is 1. The van der Waals surface area contributed by atoms with Gasteiger partial charge in [-0.25, -0.2) is 10.2 Å². The molecule has 162 valence electrons. The second-order valence-electron chi connectivity index (χ2n) is 6.32. The zero-order valence-corrected chi connectivity index (χ0v) is 18.5. The topological polar surface area (TPSA) is 106 Å². The van der Waals surface area contributed by atoms with Crippen LogP contribution in [0.15, 0.2) is 82.4 Å². The number of carbonyl (C=O) groups is 3. The first-order chi connectivity index (χ1) is 15.5. The van der Waals surface area contributed by atoms with Crippen molar-refractivity contribution in [3.05, 3.63) is 88.4 Å². The Kier molecular flexibility index (Phi) is 7.71. The molecule has 0 aliphatic carbocycles. The summed E-state index contributed by atoms with van der Waals surface area (Å²) in [6.45, 7) is 0. The maximum atomic E-state index is 12.5. The summed E-state index contributed by atoms with van der Waals surface area (Å²) in [4.78, 5) is 36.4. The Hall–Kier alpha value is -3.98. The fourth-order valence-corrected chi connectivity index (χ4v) is 2.90. The minimum Gasteiger partial charge on any atom is -0.497 e. The van der Waals surface area contributed by atoms with E-state index in [-0.39, 0.29) is 5.75 Å². The predicted octanol–water partition coefficient (Wildman–Crippen LogP) is 3.77. The van der Waals surface area contributed by atoms with Crippen LogP contribution < -0.4 is 20.2 Å². The summed E-state index contributed by atoms with van der Waals surface area (Å²) in [5.74, 6) is -1.55. The lowest BCUT2D eigenvalue weighted by atomic mass is 10.2. The largest absolute Gasteiger partial charge is 0.497 e. The molecule has 0 aliphatic rings. The lowest BCUT2D eigenvalue weighted by Crippen LogP contribution is -2.32. The first-order valence-electron chi connectivity index (χ1n) is 9.31. The predicted molar refractivity (Wildman–Crippen MR) is 123 cm³/mol. The van der Waals surface area contributed by atoms with Crippen molar-refractivity contribution in [2.45, 2.75) is 0 Å². The maximum absolute atomic E-state index is 12.5. The monoisotopic (exact) mass is 495 g/mol. The summed E-state index contributed by atoms with van der Waals surface area (Å²) in [7, 11) is 1.53. The van der Waals surface area contributed by atoms with Crippen molar-refractivity contribution in [3.8, 4) is 11.5 Å². The Morgan fingerprint density at radius 2 is 1.66 bits per heavy atom. The zero-order chi connectivity index (χ0) is 22.9. The van der Waals surface area contributed by atoms with Crippen LogP contribution in [0.25, 0.3) is 0 Å². The fourth-order valence-electron chi connectivity index (χ4n) is 2.52. The molecule has 3 aromatic rings. The Bertz CT molecular complexity index is 1150. The number of anilines is 1. The highest BCUT2D eigenvalue weighted by atomic mass is 79.9. The molecule has 32 heavy (non-hydrogen) atoms. The van der Waals surface area contributed by atoms with Gasteiger partial charge in [-0.2, -0.15) is 5.10 Å². The first-order valence-corrected chi connectivity index (χ1v) is 10.1. The zero-order valence-electron chi connectivity index (χ0n) is 16.9. The van der Waals surface area contributed by atoms with Crippen molar-refractivity contribution in [2.75, 3.05) is 12.4 Å². The summed E-state index contributed by atoms with van der Waals surface area (Å²) in [6.07, 6.45) is 1.27. The lowest BCUT2D eigenvalue weighted by molar-refractivity contribution is -0.136. The van der Waals surface area contributed by atoms with Crippen LogP contribution in [0.1, 0.15) is 15.9 Å². The van der Waals surface area contributed by atoms with E-state index in [0.29, 0.717) is 27.0 Å². The van der Waals surface area contributed by atoms with Gasteiger partial charge in [-0.3, -0.25) is 9.59 Å². The highest BCUT2D eigenvalue weighted by Gasteiger charge is 2.14. The van der Waals surface area contributed by atoms with E-state index in [1.807, 2.05) is 0 Å². The van der Waals surface area contributed by atoms with Gasteiger partial charge in [0.2, 0.25) is 0 Å². The number of hydrogen-bond acceptors (Lipinski definition) is 6. The van der Waals surface area contributed by atoms with Gasteiger partial charge >= 0.3 is 17.8 Å². The molecule has 2 amide bonds. The quantitative estimate of drug-likeness (QED) is 0.178. The number of hydrogen-bond donors (Lipinski definition) is 2. The Morgan fingerprint density at radius 3 is 2.34 bits per heavy atom. The fraction of sp³-hybridized carbons (Fsp3) is 0.0435. The van der Waals surface area contributed by atoms with E-state index in [1.54, 1.807) is 72.8 Å². The average molecular weight is 496 g/mol. The Labute approximate surface area is 192 Å². The van der Waals surface area contributed by atoms with Crippen LogP contribution in [-0.2, 0) is 9.59 Å². The van der Waals surface area contributed by atoms with Crippen LogP contribution in [0.3, 0.4) is 0 Å². The van der Waals surface area contributed by atoms with Crippen LogP contribution >= 0.6 is 15.9 Å². The van der Waals surface area contributed by atoms with Crippen LogP contribution in [0.5, 0.6) is 11.5 Å². The van der Waals surface area contributed by atoms with Gasteiger partial charge in [0, 0.05) is 15.7 Å². The van der Waals surface area contributed by atoms with E-state index < -0.39 is 17.8 Å². The van der Waals surface area contributed by atoms with Gasteiger partial charge in [0.1, 0.15) is 11.5 Å². The molecule has 0 aromatic heterocycles. The minimum atomic E-state index is -0.947. The molecule has 8 nitrogen and oxygen atoms in total. The van der Waals surface area contributed by atoms with Crippen molar-refractivity contribution in [1.29, 1.82) is 0 Å².